The van der Waals surface area contributed by atoms with Crippen LogP contribution >= 0.6 is 0 Å². The summed E-state index contributed by atoms with van der Waals surface area (Å²) < 4.78 is 0. The monoisotopic (exact) mass is 132 g/mol. The van der Waals surface area contributed by atoms with Crippen LogP contribution in [0.2, 0.25) is 0 Å². The SMILES string of the molecule is CCC[C@@H](C)CC(O)O. The predicted molar refractivity (Wildman–Crippen MR) is 36.9 cm³/mol. The lowest BCUT2D eigenvalue weighted by Gasteiger charge is -2.09. The quantitative estimate of drug-likeness (QED) is 0.563. The fourth-order valence-electron chi connectivity index (χ4n) is 0.971. The Kier molecular flexibility index (Phi) is 4.72. The van der Waals surface area contributed by atoms with Crippen molar-refractivity contribution in [1.29, 1.82) is 0 Å². The number of hydrogen-bond donors (Lipinski definition) is 2. The van der Waals surface area contributed by atoms with E-state index < -0.39 is 6.29 Å². The second-order valence-electron chi connectivity index (χ2n) is 2.61. The summed E-state index contributed by atoms with van der Waals surface area (Å²) in [4.78, 5) is 0. The van der Waals surface area contributed by atoms with Crippen molar-refractivity contribution in [2.75, 3.05) is 0 Å². The molecular formula is C7H16O2. The summed E-state index contributed by atoms with van der Waals surface area (Å²) in [6.07, 6.45) is 1.59. The molecule has 2 nitrogen and oxygen atoms in total. The van der Waals surface area contributed by atoms with E-state index in [0.29, 0.717) is 12.3 Å². The first-order valence-electron chi connectivity index (χ1n) is 3.53. The molecule has 0 heterocycles. The summed E-state index contributed by atoms with van der Waals surface area (Å²) in [5.74, 6) is 0.440. The van der Waals surface area contributed by atoms with Gasteiger partial charge in [-0.3, -0.25) is 0 Å². The van der Waals surface area contributed by atoms with Crippen molar-refractivity contribution in [2.45, 2.75) is 39.4 Å². The number of aliphatic hydroxyl groups excluding tert-OH is 1. The van der Waals surface area contributed by atoms with Crippen molar-refractivity contribution >= 4 is 0 Å². The minimum atomic E-state index is -1.12. The van der Waals surface area contributed by atoms with Crippen LogP contribution in [0.3, 0.4) is 0 Å². The summed E-state index contributed by atoms with van der Waals surface area (Å²) in [7, 11) is 0. The van der Waals surface area contributed by atoms with Gasteiger partial charge in [-0.2, -0.15) is 0 Å². The van der Waals surface area contributed by atoms with E-state index in [2.05, 4.69) is 6.92 Å². The van der Waals surface area contributed by atoms with Crippen molar-refractivity contribution < 1.29 is 10.2 Å². The highest BCUT2D eigenvalue weighted by atomic mass is 16.5. The molecular weight excluding hydrogens is 116 g/mol. The Labute approximate surface area is 56.5 Å². The molecule has 0 aromatic carbocycles. The Balaban J connectivity index is 3.15. The molecule has 2 heteroatoms. The van der Waals surface area contributed by atoms with E-state index in [9.17, 15) is 0 Å². The lowest BCUT2D eigenvalue weighted by Crippen LogP contribution is -2.09. The Morgan fingerprint density at radius 1 is 1.33 bits per heavy atom. The maximum Gasteiger partial charge on any atom is 0.151 e. The second-order valence-corrected chi connectivity index (χ2v) is 2.61. The van der Waals surface area contributed by atoms with Crippen LogP contribution in [-0.2, 0) is 0 Å². The molecule has 0 aliphatic carbocycles. The maximum atomic E-state index is 8.50. The van der Waals surface area contributed by atoms with Gasteiger partial charge in [-0.05, 0) is 5.92 Å². The second kappa shape index (κ2) is 4.77. The molecule has 0 aromatic heterocycles. The standard InChI is InChI=1S/C7H16O2/c1-3-4-6(2)5-7(8)9/h6-9H,3-5H2,1-2H3/t6-/m1/s1. The van der Waals surface area contributed by atoms with Crippen LogP contribution in [0.15, 0.2) is 0 Å². The van der Waals surface area contributed by atoms with Crippen LogP contribution < -0.4 is 0 Å². The molecule has 1 atom stereocenters. The van der Waals surface area contributed by atoms with Crippen molar-refractivity contribution in [2.24, 2.45) is 5.92 Å². The highest BCUT2D eigenvalue weighted by Gasteiger charge is 2.04. The summed E-state index contributed by atoms with van der Waals surface area (Å²) in [6.45, 7) is 4.13. The average Bonchev–Trinajstić information content (AvgIpc) is 1.63. The molecule has 0 saturated heterocycles. The zero-order chi connectivity index (χ0) is 7.28. The maximum absolute atomic E-state index is 8.50. The average molecular weight is 132 g/mol. The van der Waals surface area contributed by atoms with Crippen molar-refractivity contribution in [3.05, 3.63) is 0 Å². The molecule has 0 spiro atoms. The van der Waals surface area contributed by atoms with Crippen molar-refractivity contribution in [3.63, 3.8) is 0 Å². The molecule has 0 fully saturated rings. The lowest BCUT2D eigenvalue weighted by atomic mass is 10.0. The van der Waals surface area contributed by atoms with E-state index in [4.69, 9.17) is 10.2 Å². The van der Waals surface area contributed by atoms with Crippen LogP contribution in [0.1, 0.15) is 33.1 Å². The molecule has 0 bridgehead atoms. The van der Waals surface area contributed by atoms with Gasteiger partial charge in [-0.15, -0.1) is 0 Å². The molecule has 0 saturated carbocycles. The largest absolute Gasteiger partial charge is 0.368 e. The summed E-state index contributed by atoms with van der Waals surface area (Å²) in [5.41, 5.74) is 0. The van der Waals surface area contributed by atoms with E-state index in [1.165, 1.54) is 0 Å². The molecule has 56 valence electrons. The van der Waals surface area contributed by atoms with Gasteiger partial charge in [0.1, 0.15) is 0 Å². The third kappa shape index (κ3) is 5.80. The first-order chi connectivity index (χ1) is 4.16. The minimum absolute atomic E-state index is 0.440. The predicted octanol–water partition coefficient (Wildman–Crippen LogP) is 1.12. The smallest absolute Gasteiger partial charge is 0.151 e. The summed E-state index contributed by atoms with van der Waals surface area (Å²) >= 11 is 0. The van der Waals surface area contributed by atoms with Gasteiger partial charge < -0.3 is 10.2 Å². The fourth-order valence-corrected chi connectivity index (χ4v) is 0.971. The molecule has 0 aromatic rings. The van der Waals surface area contributed by atoms with Crippen LogP contribution in [-0.4, -0.2) is 16.5 Å². The Morgan fingerprint density at radius 3 is 2.22 bits per heavy atom. The third-order valence-corrected chi connectivity index (χ3v) is 1.39. The highest BCUT2D eigenvalue weighted by Crippen LogP contribution is 2.10. The van der Waals surface area contributed by atoms with Gasteiger partial charge in [0.15, 0.2) is 6.29 Å². The Bertz CT molecular complexity index is 61.9. The lowest BCUT2D eigenvalue weighted by molar-refractivity contribution is -0.0550. The van der Waals surface area contributed by atoms with Crippen molar-refractivity contribution in [1.82, 2.24) is 0 Å². The van der Waals surface area contributed by atoms with Gasteiger partial charge in [0.25, 0.3) is 0 Å². The topological polar surface area (TPSA) is 40.5 Å². The van der Waals surface area contributed by atoms with Crippen molar-refractivity contribution in [3.8, 4) is 0 Å². The van der Waals surface area contributed by atoms with Crippen LogP contribution in [0.5, 0.6) is 0 Å². The summed E-state index contributed by atoms with van der Waals surface area (Å²) in [6, 6.07) is 0. The first kappa shape index (κ1) is 8.92. The normalized spacial score (nSPS) is 14.3. The molecule has 9 heavy (non-hydrogen) atoms. The Morgan fingerprint density at radius 2 is 1.89 bits per heavy atom. The molecule has 0 unspecified atom stereocenters. The molecule has 0 aliphatic rings. The van der Waals surface area contributed by atoms with Gasteiger partial charge in [-0.25, -0.2) is 0 Å². The van der Waals surface area contributed by atoms with E-state index >= 15 is 0 Å². The number of rotatable bonds is 4. The van der Waals surface area contributed by atoms with E-state index in [-0.39, 0.29) is 0 Å². The van der Waals surface area contributed by atoms with E-state index in [1.807, 2.05) is 6.92 Å². The number of hydrogen-bond acceptors (Lipinski definition) is 2. The molecule has 0 aliphatic heterocycles. The third-order valence-electron chi connectivity index (χ3n) is 1.39. The van der Waals surface area contributed by atoms with Gasteiger partial charge in [0.2, 0.25) is 0 Å². The molecule has 0 amide bonds. The first-order valence-corrected chi connectivity index (χ1v) is 3.53. The van der Waals surface area contributed by atoms with Crippen LogP contribution in [0.4, 0.5) is 0 Å². The van der Waals surface area contributed by atoms with Gasteiger partial charge in [0, 0.05) is 6.42 Å². The van der Waals surface area contributed by atoms with Crippen LogP contribution in [0.25, 0.3) is 0 Å². The van der Waals surface area contributed by atoms with E-state index in [1.54, 1.807) is 0 Å². The van der Waals surface area contributed by atoms with Gasteiger partial charge in [-0.1, -0.05) is 26.7 Å². The molecule has 2 N–H and O–H groups in total. The number of aliphatic hydroxyl groups is 2. The zero-order valence-corrected chi connectivity index (χ0v) is 6.17. The van der Waals surface area contributed by atoms with Gasteiger partial charge >= 0.3 is 0 Å². The van der Waals surface area contributed by atoms with Gasteiger partial charge in [0.05, 0.1) is 0 Å². The zero-order valence-electron chi connectivity index (χ0n) is 6.17. The Hall–Kier alpha value is -0.0800. The molecule has 0 radical (unpaired) electrons. The summed E-state index contributed by atoms with van der Waals surface area (Å²) in [5, 5.41) is 17.0. The fraction of sp³-hybridized carbons (Fsp3) is 1.00. The van der Waals surface area contributed by atoms with Crippen LogP contribution in [0, 0.1) is 5.92 Å². The highest BCUT2D eigenvalue weighted by molar-refractivity contribution is 4.51. The van der Waals surface area contributed by atoms with E-state index in [0.717, 1.165) is 12.8 Å². The molecule has 0 rings (SSSR count). The minimum Gasteiger partial charge on any atom is -0.368 e.